The molecule has 3 nitrogen and oxygen atoms in total. The standard InChI is InChI=1S/C11H20O3/c1-4-8-14-11(13)7-5-6-10(12)9(2)3/h9H,4-8H2,1-3H3. The normalized spacial score (nSPS) is 10.3. The number of ether oxygens (including phenoxy) is 1. The molecule has 14 heavy (non-hydrogen) atoms. The Balaban J connectivity index is 3.44. The minimum Gasteiger partial charge on any atom is -0.466 e. The van der Waals surface area contributed by atoms with Crippen LogP contribution in [0.3, 0.4) is 0 Å². The van der Waals surface area contributed by atoms with Crippen LogP contribution in [-0.2, 0) is 14.3 Å². The van der Waals surface area contributed by atoms with Crippen LogP contribution < -0.4 is 0 Å². The van der Waals surface area contributed by atoms with Gasteiger partial charge in [0, 0.05) is 18.8 Å². The lowest BCUT2D eigenvalue weighted by Gasteiger charge is -2.04. The summed E-state index contributed by atoms with van der Waals surface area (Å²) in [6.07, 6.45) is 2.30. The van der Waals surface area contributed by atoms with E-state index in [1.807, 2.05) is 20.8 Å². The van der Waals surface area contributed by atoms with E-state index in [0.29, 0.717) is 25.9 Å². The number of rotatable bonds is 7. The Hall–Kier alpha value is -0.860. The van der Waals surface area contributed by atoms with Gasteiger partial charge < -0.3 is 4.74 Å². The van der Waals surface area contributed by atoms with Gasteiger partial charge in [-0.15, -0.1) is 0 Å². The summed E-state index contributed by atoms with van der Waals surface area (Å²) in [5.41, 5.74) is 0. The number of esters is 1. The molecule has 0 saturated heterocycles. The molecule has 3 heteroatoms. The highest BCUT2D eigenvalue weighted by atomic mass is 16.5. The summed E-state index contributed by atoms with van der Waals surface area (Å²) in [4.78, 5) is 22.2. The summed E-state index contributed by atoms with van der Waals surface area (Å²) in [7, 11) is 0. The molecule has 0 aromatic rings. The Morgan fingerprint density at radius 2 is 1.86 bits per heavy atom. The van der Waals surface area contributed by atoms with Crippen molar-refractivity contribution in [2.45, 2.75) is 46.5 Å². The van der Waals surface area contributed by atoms with Gasteiger partial charge in [0.1, 0.15) is 5.78 Å². The first kappa shape index (κ1) is 13.1. The predicted molar refractivity (Wildman–Crippen MR) is 54.9 cm³/mol. The smallest absolute Gasteiger partial charge is 0.305 e. The molecule has 0 aliphatic heterocycles. The first-order valence-corrected chi connectivity index (χ1v) is 5.26. The molecule has 0 spiro atoms. The molecule has 0 saturated carbocycles. The highest BCUT2D eigenvalue weighted by Gasteiger charge is 2.08. The zero-order valence-electron chi connectivity index (χ0n) is 9.34. The van der Waals surface area contributed by atoms with Crippen molar-refractivity contribution in [3.8, 4) is 0 Å². The lowest BCUT2D eigenvalue weighted by molar-refractivity contribution is -0.143. The molecule has 0 aromatic carbocycles. The number of carbonyl (C=O) groups is 2. The van der Waals surface area contributed by atoms with Crippen molar-refractivity contribution >= 4 is 11.8 Å². The molecule has 0 unspecified atom stereocenters. The number of hydrogen-bond donors (Lipinski definition) is 0. The number of ketones is 1. The average Bonchev–Trinajstić information content (AvgIpc) is 2.14. The lowest BCUT2D eigenvalue weighted by Crippen LogP contribution is -2.09. The van der Waals surface area contributed by atoms with E-state index in [1.165, 1.54) is 0 Å². The van der Waals surface area contributed by atoms with Crippen molar-refractivity contribution in [3.63, 3.8) is 0 Å². The molecule has 0 rings (SSSR count). The fourth-order valence-electron chi connectivity index (χ4n) is 0.984. The Kier molecular flexibility index (Phi) is 7.07. The van der Waals surface area contributed by atoms with Crippen molar-refractivity contribution in [1.82, 2.24) is 0 Å². The molecule has 0 aliphatic carbocycles. The molecule has 0 heterocycles. The van der Waals surface area contributed by atoms with Gasteiger partial charge in [0.2, 0.25) is 0 Å². The van der Waals surface area contributed by atoms with Crippen LogP contribution in [0.4, 0.5) is 0 Å². The molecular formula is C11H20O3. The second-order valence-corrected chi connectivity index (χ2v) is 3.70. The van der Waals surface area contributed by atoms with E-state index in [-0.39, 0.29) is 17.7 Å². The first-order valence-electron chi connectivity index (χ1n) is 5.26. The van der Waals surface area contributed by atoms with Crippen molar-refractivity contribution in [1.29, 1.82) is 0 Å². The highest BCUT2D eigenvalue weighted by Crippen LogP contribution is 2.05. The van der Waals surface area contributed by atoms with Crippen LogP contribution in [0.2, 0.25) is 0 Å². The van der Waals surface area contributed by atoms with Gasteiger partial charge in [-0.05, 0) is 12.8 Å². The molecule has 0 radical (unpaired) electrons. The van der Waals surface area contributed by atoms with Crippen LogP contribution in [0.1, 0.15) is 46.5 Å². The van der Waals surface area contributed by atoms with E-state index in [9.17, 15) is 9.59 Å². The maximum Gasteiger partial charge on any atom is 0.305 e. The van der Waals surface area contributed by atoms with Crippen molar-refractivity contribution in [2.75, 3.05) is 6.61 Å². The van der Waals surface area contributed by atoms with Gasteiger partial charge in [-0.2, -0.15) is 0 Å². The molecule has 0 fully saturated rings. The van der Waals surface area contributed by atoms with Crippen molar-refractivity contribution in [3.05, 3.63) is 0 Å². The topological polar surface area (TPSA) is 43.4 Å². The molecule has 0 N–H and O–H groups in total. The summed E-state index contributed by atoms with van der Waals surface area (Å²) < 4.78 is 4.88. The summed E-state index contributed by atoms with van der Waals surface area (Å²) >= 11 is 0. The number of carbonyl (C=O) groups excluding carboxylic acids is 2. The monoisotopic (exact) mass is 200 g/mol. The maximum absolute atomic E-state index is 11.2. The van der Waals surface area contributed by atoms with E-state index in [2.05, 4.69) is 0 Å². The molecule has 0 aliphatic rings. The Labute approximate surface area is 85.8 Å². The predicted octanol–water partition coefficient (Wildman–Crippen LogP) is 2.33. The fraction of sp³-hybridized carbons (Fsp3) is 0.818. The van der Waals surface area contributed by atoms with E-state index in [4.69, 9.17) is 4.74 Å². The third-order valence-corrected chi connectivity index (χ3v) is 1.92. The largest absolute Gasteiger partial charge is 0.466 e. The summed E-state index contributed by atoms with van der Waals surface area (Å²) in [5, 5.41) is 0. The van der Waals surface area contributed by atoms with Crippen LogP contribution in [0.15, 0.2) is 0 Å². The summed E-state index contributed by atoms with van der Waals surface area (Å²) in [6, 6.07) is 0. The SMILES string of the molecule is CCCOC(=O)CCCC(=O)C(C)C. The average molecular weight is 200 g/mol. The third-order valence-electron chi connectivity index (χ3n) is 1.92. The second kappa shape index (κ2) is 7.54. The molecule has 82 valence electrons. The lowest BCUT2D eigenvalue weighted by atomic mass is 10.0. The Bertz CT molecular complexity index is 185. The second-order valence-electron chi connectivity index (χ2n) is 3.70. The van der Waals surface area contributed by atoms with Gasteiger partial charge in [0.15, 0.2) is 0 Å². The zero-order valence-corrected chi connectivity index (χ0v) is 9.34. The van der Waals surface area contributed by atoms with Crippen molar-refractivity contribution < 1.29 is 14.3 Å². The Morgan fingerprint density at radius 3 is 2.36 bits per heavy atom. The minimum atomic E-state index is -0.191. The zero-order chi connectivity index (χ0) is 11.0. The summed E-state index contributed by atoms with van der Waals surface area (Å²) in [6.45, 7) is 6.18. The van der Waals surface area contributed by atoms with Crippen LogP contribution in [0, 0.1) is 5.92 Å². The molecule has 0 atom stereocenters. The van der Waals surface area contributed by atoms with Crippen molar-refractivity contribution in [2.24, 2.45) is 5.92 Å². The minimum absolute atomic E-state index is 0.0710. The third kappa shape index (κ3) is 6.63. The van der Waals surface area contributed by atoms with Crippen LogP contribution in [-0.4, -0.2) is 18.4 Å². The molecule has 0 aromatic heterocycles. The van der Waals surface area contributed by atoms with Gasteiger partial charge in [-0.25, -0.2) is 0 Å². The Morgan fingerprint density at radius 1 is 1.21 bits per heavy atom. The van der Waals surface area contributed by atoms with Gasteiger partial charge >= 0.3 is 5.97 Å². The molecule has 0 bridgehead atoms. The molecule has 0 amide bonds. The van der Waals surface area contributed by atoms with Crippen LogP contribution >= 0.6 is 0 Å². The maximum atomic E-state index is 11.2. The van der Waals surface area contributed by atoms with Crippen LogP contribution in [0.5, 0.6) is 0 Å². The fourth-order valence-corrected chi connectivity index (χ4v) is 0.984. The summed E-state index contributed by atoms with van der Waals surface area (Å²) in [5.74, 6) is 0.0957. The van der Waals surface area contributed by atoms with E-state index < -0.39 is 0 Å². The van der Waals surface area contributed by atoms with E-state index >= 15 is 0 Å². The highest BCUT2D eigenvalue weighted by molar-refractivity contribution is 5.80. The first-order chi connectivity index (χ1) is 6.57. The number of Topliss-reactive ketones (excluding diaryl/α,β-unsaturated/α-hetero) is 1. The molecular weight excluding hydrogens is 180 g/mol. The quantitative estimate of drug-likeness (QED) is 0.592. The van der Waals surface area contributed by atoms with E-state index in [0.717, 1.165) is 6.42 Å². The van der Waals surface area contributed by atoms with Gasteiger partial charge in [0.05, 0.1) is 6.61 Å². The van der Waals surface area contributed by atoms with Gasteiger partial charge in [-0.1, -0.05) is 20.8 Å². The van der Waals surface area contributed by atoms with Gasteiger partial charge in [-0.3, -0.25) is 9.59 Å². The van der Waals surface area contributed by atoms with Gasteiger partial charge in [0.25, 0.3) is 0 Å². The number of hydrogen-bond acceptors (Lipinski definition) is 3. The van der Waals surface area contributed by atoms with E-state index in [1.54, 1.807) is 0 Å². The van der Waals surface area contributed by atoms with Crippen LogP contribution in [0.25, 0.3) is 0 Å².